The van der Waals surface area contributed by atoms with E-state index in [0.717, 1.165) is 83.5 Å². The fourth-order valence-corrected chi connectivity index (χ4v) is 7.53. The largest absolute Gasteiger partial charge is 0.483 e. The van der Waals surface area contributed by atoms with Crippen LogP contribution >= 0.6 is 0 Å². The van der Waals surface area contributed by atoms with Gasteiger partial charge in [-0.1, -0.05) is 17.7 Å². The Bertz CT molecular complexity index is 1020. The lowest BCUT2D eigenvalue weighted by Gasteiger charge is -2.32. The summed E-state index contributed by atoms with van der Waals surface area (Å²) in [6, 6.07) is 7.11. The lowest BCUT2D eigenvalue weighted by molar-refractivity contribution is -0.136. The SMILES string of the molecule is Cc1ccc(OCC(=O)N2CC[C@@H]3CN(C(=O)C4CCC5NNNC5C4)C[C@@H]3CC2)c(C2CCN(C)C2)c1. The maximum absolute atomic E-state index is 13.3. The zero-order valence-corrected chi connectivity index (χ0v) is 23.0. The molecule has 1 aromatic rings. The minimum Gasteiger partial charge on any atom is -0.483 e. The Morgan fingerprint density at radius 1 is 0.921 bits per heavy atom. The first-order valence-electron chi connectivity index (χ1n) is 14.7. The topological polar surface area (TPSA) is 89.2 Å². The van der Waals surface area contributed by atoms with Crippen molar-refractivity contribution in [2.24, 2.45) is 17.8 Å². The van der Waals surface area contributed by atoms with Gasteiger partial charge in [0.25, 0.3) is 5.91 Å². The van der Waals surface area contributed by atoms with E-state index in [1.165, 1.54) is 11.1 Å². The Kier molecular flexibility index (Phi) is 7.62. The van der Waals surface area contributed by atoms with Gasteiger partial charge in [-0.15, -0.1) is 0 Å². The van der Waals surface area contributed by atoms with Crippen LogP contribution in [-0.2, 0) is 9.59 Å². The molecule has 2 amide bonds. The predicted molar refractivity (Wildman–Crippen MR) is 145 cm³/mol. The number of benzene rings is 1. The molecule has 0 aromatic heterocycles. The first-order valence-corrected chi connectivity index (χ1v) is 14.7. The van der Waals surface area contributed by atoms with Gasteiger partial charge in [-0.2, -0.15) is 5.53 Å². The van der Waals surface area contributed by atoms with Crippen molar-refractivity contribution >= 4 is 11.8 Å². The number of aryl methyl sites for hydroxylation is 1. The van der Waals surface area contributed by atoms with E-state index in [-0.39, 0.29) is 18.4 Å². The standard InChI is InChI=1S/C29H44N6O3/c1-19-3-6-27(24(13-19)23-7-10-33(2)15-23)38-18-28(36)34-11-8-21-16-35(17-22(21)9-12-34)29(37)20-4-5-25-26(14-20)31-32-30-25/h3,6,13,20-23,25-26,30-32H,4-5,7-12,14-18H2,1-2H3/t20?,21-,22+,23?,25?,26?. The van der Waals surface area contributed by atoms with Crippen LogP contribution in [0.3, 0.4) is 0 Å². The minimum atomic E-state index is 0.0796. The summed E-state index contributed by atoms with van der Waals surface area (Å²) >= 11 is 0. The second kappa shape index (κ2) is 11.1. The first-order chi connectivity index (χ1) is 18.4. The van der Waals surface area contributed by atoms with E-state index >= 15 is 0 Å². The average molecular weight is 525 g/mol. The highest BCUT2D eigenvalue weighted by Crippen LogP contribution is 2.36. The molecular weight excluding hydrogens is 480 g/mol. The molecule has 9 heteroatoms. The average Bonchev–Trinajstić information content (AvgIpc) is 3.64. The van der Waals surface area contributed by atoms with Gasteiger partial charge in [0.1, 0.15) is 5.75 Å². The van der Waals surface area contributed by atoms with Crippen LogP contribution in [0.2, 0.25) is 0 Å². The Labute approximate surface area is 226 Å². The number of ether oxygens (including phenoxy) is 1. The highest BCUT2D eigenvalue weighted by Gasteiger charge is 2.42. The quantitative estimate of drug-likeness (QED) is 0.540. The third-order valence-electron chi connectivity index (χ3n) is 9.84. The van der Waals surface area contributed by atoms with E-state index in [2.05, 4.69) is 52.3 Å². The molecule has 5 aliphatic rings. The van der Waals surface area contributed by atoms with Gasteiger partial charge in [0.2, 0.25) is 5.91 Å². The zero-order chi connectivity index (χ0) is 26.2. The summed E-state index contributed by atoms with van der Waals surface area (Å²) in [7, 11) is 2.16. The third-order valence-corrected chi connectivity index (χ3v) is 9.84. The Morgan fingerprint density at radius 2 is 1.68 bits per heavy atom. The highest BCUT2D eigenvalue weighted by atomic mass is 16.5. The van der Waals surface area contributed by atoms with Crippen LogP contribution in [0.5, 0.6) is 5.75 Å². The van der Waals surface area contributed by atoms with Crippen molar-refractivity contribution in [2.45, 2.75) is 63.5 Å². The molecule has 1 aromatic carbocycles. The molecule has 0 bridgehead atoms. The number of carbonyl (C=O) groups is 2. The van der Waals surface area contributed by atoms with Crippen LogP contribution < -0.4 is 21.1 Å². The molecule has 4 saturated heterocycles. The fourth-order valence-electron chi connectivity index (χ4n) is 7.53. The Balaban J connectivity index is 0.999. The number of rotatable bonds is 5. The molecule has 4 unspecified atom stereocenters. The van der Waals surface area contributed by atoms with Crippen molar-refractivity contribution in [2.75, 3.05) is 52.9 Å². The van der Waals surface area contributed by atoms with Crippen LogP contribution in [0.25, 0.3) is 0 Å². The fraction of sp³-hybridized carbons (Fsp3) is 0.724. The van der Waals surface area contributed by atoms with E-state index in [9.17, 15) is 9.59 Å². The van der Waals surface area contributed by atoms with Gasteiger partial charge in [-0.05, 0) is 82.5 Å². The molecule has 5 fully saturated rings. The molecule has 6 rings (SSSR count). The number of nitrogens with one attached hydrogen (secondary N) is 3. The number of hydrazine groups is 2. The molecule has 38 heavy (non-hydrogen) atoms. The monoisotopic (exact) mass is 524 g/mol. The van der Waals surface area contributed by atoms with Crippen LogP contribution in [0.1, 0.15) is 55.6 Å². The summed E-state index contributed by atoms with van der Waals surface area (Å²) in [5, 5.41) is 0. The summed E-state index contributed by atoms with van der Waals surface area (Å²) in [5.74, 6) is 2.85. The lowest BCUT2D eigenvalue weighted by atomic mass is 9.82. The van der Waals surface area contributed by atoms with Gasteiger partial charge in [0.15, 0.2) is 6.61 Å². The van der Waals surface area contributed by atoms with Crippen molar-refractivity contribution in [1.29, 1.82) is 0 Å². The number of hydrogen-bond donors (Lipinski definition) is 3. The number of nitrogens with zero attached hydrogens (tertiary/aromatic N) is 3. The summed E-state index contributed by atoms with van der Waals surface area (Å²) in [6.07, 6.45) is 5.96. The number of likely N-dealkylation sites (N-methyl/N-ethyl adjacent to an activating group) is 1. The summed E-state index contributed by atoms with van der Waals surface area (Å²) in [4.78, 5) is 33.0. The number of hydrogen-bond acceptors (Lipinski definition) is 7. The maximum atomic E-state index is 13.3. The molecule has 208 valence electrons. The number of likely N-dealkylation sites (tertiary alicyclic amines) is 3. The molecule has 6 atom stereocenters. The van der Waals surface area contributed by atoms with Gasteiger partial charge in [-0.25, -0.2) is 10.9 Å². The lowest BCUT2D eigenvalue weighted by Crippen LogP contribution is -2.45. The van der Waals surface area contributed by atoms with Crippen LogP contribution in [0.4, 0.5) is 0 Å². The maximum Gasteiger partial charge on any atom is 0.260 e. The molecule has 0 radical (unpaired) electrons. The van der Waals surface area contributed by atoms with E-state index in [4.69, 9.17) is 4.74 Å². The summed E-state index contributed by atoms with van der Waals surface area (Å²) in [5.41, 5.74) is 12.0. The first kappa shape index (κ1) is 26.0. The number of amides is 2. The van der Waals surface area contributed by atoms with Crippen molar-refractivity contribution in [3.63, 3.8) is 0 Å². The van der Waals surface area contributed by atoms with Crippen molar-refractivity contribution in [1.82, 2.24) is 31.1 Å². The number of fused-ring (bicyclic) bond motifs is 2. The minimum absolute atomic E-state index is 0.0796. The molecule has 4 aliphatic heterocycles. The molecule has 1 aliphatic carbocycles. The zero-order valence-electron chi connectivity index (χ0n) is 23.0. The van der Waals surface area contributed by atoms with E-state index in [1.807, 2.05) is 11.0 Å². The third kappa shape index (κ3) is 5.43. The van der Waals surface area contributed by atoms with Gasteiger partial charge in [-0.3, -0.25) is 9.59 Å². The van der Waals surface area contributed by atoms with Crippen LogP contribution in [0, 0.1) is 24.7 Å². The van der Waals surface area contributed by atoms with Crippen molar-refractivity contribution < 1.29 is 14.3 Å². The molecule has 0 spiro atoms. The van der Waals surface area contributed by atoms with Gasteiger partial charge < -0.3 is 19.4 Å². The van der Waals surface area contributed by atoms with Gasteiger partial charge >= 0.3 is 0 Å². The van der Waals surface area contributed by atoms with Gasteiger partial charge in [0.05, 0.1) is 0 Å². The normalized spacial score (nSPS) is 33.6. The Morgan fingerprint density at radius 3 is 2.42 bits per heavy atom. The molecular formula is C29H44N6O3. The van der Waals surface area contributed by atoms with E-state index < -0.39 is 0 Å². The molecule has 3 N–H and O–H groups in total. The molecule has 4 heterocycles. The van der Waals surface area contributed by atoms with Crippen molar-refractivity contribution in [3.05, 3.63) is 29.3 Å². The highest BCUT2D eigenvalue weighted by molar-refractivity contribution is 5.79. The van der Waals surface area contributed by atoms with Crippen LogP contribution in [0.15, 0.2) is 18.2 Å². The summed E-state index contributed by atoms with van der Waals surface area (Å²) in [6.45, 7) is 7.56. The van der Waals surface area contributed by atoms with Crippen molar-refractivity contribution in [3.8, 4) is 5.75 Å². The smallest absolute Gasteiger partial charge is 0.260 e. The molecule has 9 nitrogen and oxygen atoms in total. The molecule has 1 saturated carbocycles. The summed E-state index contributed by atoms with van der Waals surface area (Å²) < 4.78 is 6.16. The second-order valence-electron chi connectivity index (χ2n) is 12.4. The predicted octanol–water partition coefficient (Wildman–Crippen LogP) is 1.64. The number of carbonyl (C=O) groups excluding carboxylic acids is 2. The van der Waals surface area contributed by atoms with E-state index in [1.54, 1.807) is 0 Å². The van der Waals surface area contributed by atoms with Gasteiger partial charge in [0, 0.05) is 56.6 Å². The van der Waals surface area contributed by atoms with Crippen LogP contribution in [-0.4, -0.2) is 91.5 Å². The Hall–Kier alpha value is -2.20. The second-order valence-corrected chi connectivity index (χ2v) is 12.4. The van der Waals surface area contributed by atoms with E-state index in [0.29, 0.717) is 35.7 Å².